The van der Waals surface area contributed by atoms with Crippen molar-refractivity contribution in [1.29, 1.82) is 0 Å². The van der Waals surface area contributed by atoms with Crippen LogP contribution in [0.3, 0.4) is 0 Å². The Hall–Kier alpha value is -3.71. The zero-order valence-corrected chi connectivity index (χ0v) is 20.3. The van der Waals surface area contributed by atoms with E-state index < -0.39 is 12.1 Å². The maximum absolute atomic E-state index is 12.6. The lowest BCUT2D eigenvalue weighted by Crippen LogP contribution is -2.38. The van der Waals surface area contributed by atoms with E-state index in [0.717, 1.165) is 36.1 Å². The average Bonchev–Trinajstić information content (AvgIpc) is 2.88. The number of benzene rings is 2. The maximum atomic E-state index is 12.6. The second-order valence-corrected chi connectivity index (χ2v) is 8.30. The van der Waals surface area contributed by atoms with E-state index in [4.69, 9.17) is 4.74 Å². The fourth-order valence-corrected chi connectivity index (χ4v) is 3.73. The van der Waals surface area contributed by atoms with Gasteiger partial charge in [-0.2, -0.15) is 0 Å². The molecule has 0 saturated carbocycles. The van der Waals surface area contributed by atoms with E-state index in [9.17, 15) is 14.7 Å². The Balaban J connectivity index is 1.53. The van der Waals surface area contributed by atoms with Gasteiger partial charge < -0.3 is 15.2 Å². The van der Waals surface area contributed by atoms with Crippen LogP contribution in [0.4, 0.5) is 10.6 Å². The van der Waals surface area contributed by atoms with Crippen LogP contribution >= 0.6 is 0 Å². The molecule has 1 unspecified atom stereocenters. The number of urea groups is 1. The summed E-state index contributed by atoms with van der Waals surface area (Å²) in [5.41, 5.74) is 3.79. The smallest absolute Gasteiger partial charge is 0.333 e. The molecule has 184 valence electrons. The molecule has 0 fully saturated rings. The second kappa shape index (κ2) is 13.2. The van der Waals surface area contributed by atoms with E-state index in [-0.39, 0.29) is 6.03 Å². The van der Waals surface area contributed by atoms with Gasteiger partial charge in [-0.25, -0.2) is 14.6 Å². The monoisotopic (exact) mass is 475 g/mol. The van der Waals surface area contributed by atoms with Gasteiger partial charge in [0.25, 0.3) is 0 Å². The quantitative estimate of drug-likeness (QED) is 0.362. The molecule has 3 aromatic rings. The van der Waals surface area contributed by atoms with E-state index in [1.54, 1.807) is 20.0 Å². The van der Waals surface area contributed by atoms with Gasteiger partial charge >= 0.3 is 12.0 Å². The zero-order valence-electron chi connectivity index (χ0n) is 20.3. The van der Waals surface area contributed by atoms with Crippen molar-refractivity contribution >= 4 is 17.8 Å². The second-order valence-electron chi connectivity index (χ2n) is 8.30. The van der Waals surface area contributed by atoms with E-state index >= 15 is 0 Å². The largest absolute Gasteiger partial charge is 0.479 e. The minimum atomic E-state index is -0.970. The molecule has 0 saturated heterocycles. The highest BCUT2D eigenvalue weighted by atomic mass is 16.5. The van der Waals surface area contributed by atoms with Gasteiger partial charge in [0.1, 0.15) is 5.82 Å². The molecule has 2 amide bonds. The third-order valence-electron chi connectivity index (χ3n) is 5.71. The van der Waals surface area contributed by atoms with Crippen molar-refractivity contribution in [2.45, 2.75) is 38.7 Å². The number of hydrogen-bond donors (Lipinski definition) is 2. The summed E-state index contributed by atoms with van der Waals surface area (Å²) in [4.78, 5) is 30.1. The number of unbranched alkanes of at least 4 members (excludes halogenated alkanes) is 1. The summed E-state index contributed by atoms with van der Waals surface area (Å²) < 4.78 is 5.29. The molecule has 0 spiro atoms. The Morgan fingerprint density at radius 1 is 0.971 bits per heavy atom. The molecule has 7 nitrogen and oxygen atoms in total. The number of carbonyl (C=O) groups excluding carboxylic acids is 1. The molecule has 0 bridgehead atoms. The van der Waals surface area contributed by atoms with Gasteiger partial charge in [0.2, 0.25) is 0 Å². The molecule has 1 aromatic heterocycles. The molecule has 7 heteroatoms. The molecule has 0 aliphatic heterocycles. The molecular weight excluding hydrogens is 442 g/mol. The highest BCUT2D eigenvalue weighted by molar-refractivity contribution is 5.90. The number of amides is 2. The fourth-order valence-electron chi connectivity index (χ4n) is 3.73. The number of nitrogens with zero attached hydrogens (tertiary/aromatic N) is 2. The van der Waals surface area contributed by atoms with Gasteiger partial charge in [-0.15, -0.1) is 0 Å². The first-order chi connectivity index (χ1) is 17.0. The van der Waals surface area contributed by atoms with Crippen LogP contribution in [0.25, 0.3) is 11.3 Å². The van der Waals surface area contributed by atoms with Gasteiger partial charge in [0.15, 0.2) is 6.10 Å². The molecular formula is C28H33N3O4. The van der Waals surface area contributed by atoms with Gasteiger partial charge in [0, 0.05) is 32.2 Å². The number of rotatable bonds is 12. The van der Waals surface area contributed by atoms with Gasteiger partial charge in [-0.3, -0.25) is 4.90 Å². The number of carboxylic acid groups (broad SMARTS) is 1. The minimum Gasteiger partial charge on any atom is -0.479 e. The Bertz CT molecular complexity index is 1090. The topological polar surface area (TPSA) is 91.8 Å². The molecule has 0 aliphatic carbocycles. The summed E-state index contributed by atoms with van der Waals surface area (Å²) >= 11 is 0. The summed E-state index contributed by atoms with van der Waals surface area (Å²) in [5.74, 6) is -0.418. The number of carbonyl (C=O) groups is 2. The number of aryl methyl sites for hydroxylation is 1. The lowest BCUT2D eigenvalue weighted by molar-refractivity contribution is -0.149. The third kappa shape index (κ3) is 7.93. The number of ether oxygens (including phenoxy) is 1. The molecule has 0 radical (unpaired) electrons. The Morgan fingerprint density at radius 2 is 1.71 bits per heavy atom. The van der Waals surface area contributed by atoms with E-state index in [0.29, 0.717) is 25.4 Å². The van der Waals surface area contributed by atoms with Crippen LogP contribution in [0.2, 0.25) is 0 Å². The zero-order chi connectivity index (χ0) is 25.0. The van der Waals surface area contributed by atoms with Crippen LogP contribution in [0.15, 0.2) is 72.8 Å². The van der Waals surface area contributed by atoms with Crippen LogP contribution in [0.1, 0.15) is 30.9 Å². The number of pyridine rings is 1. The van der Waals surface area contributed by atoms with Gasteiger partial charge in [-0.1, -0.05) is 60.7 Å². The number of aliphatic carboxylic acids is 1. The van der Waals surface area contributed by atoms with Crippen LogP contribution in [0, 0.1) is 0 Å². The van der Waals surface area contributed by atoms with E-state index in [2.05, 4.69) is 22.4 Å². The van der Waals surface area contributed by atoms with E-state index in [1.807, 2.05) is 54.6 Å². The first kappa shape index (κ1) is 25.9. The molecule has 35 heavy (non-hydrogen) atoms. The van der Waals surface area contributed by atoms with Gasteiger partial charge in [-0.05, 0) is 49.4 Å². The molecule has 1 atom stereocenters. The first-order valence-electron chi connectivity index (χ1n) is 11.9. The van der Waals surface area contributed by atoms with Crippen molar-refractivity contribution in [3.05, 3.63) is 83.9 Å². The highest BCUT2D eigenvalue weighted by Crippen LogP contribution is 2.21. The summed E-state index contributed by atoms with van der Waals surface area (Å²) in [6.07, 6.45) is 2.34. The van der Waals surface area contributed by atoms with Crippen molar-refractivity contribution in [1.82, 2.24) is 10.3 Å². The van der Waals surface area contributed by atoms with Crippen LogP contribution < -0.4 is 10.2 Å². The number of carboxylic acids is 1. The lowest BCUT2D eigenvalue weighted by atomic mass is 10.0. The normalized spacial score (nSPS) is 11.6. The minimum absolute atomic E-state index is 0.194. The molecule has 2 aromatic carbocycles. The van der Waals surface area contributed by atoms with Crippen molar-refractivity contribution in [3.8, 4) is 11.3 Å². The van der Waals surface area contributed by atoms with Crippen molar-refractivity contribution < 1.29 is 19.4 Å². The number of anilines is 1. The van der Waals surface area contributed by atoms with E-state index in [1.165, 1.54) is 10.5 Å². The molecule has 2 N–H and O–H groups in total. The van der Waals surface area contributed by atoms with Crippen molar-refractivity contribution in [2.24, 2.45) is 0 Å². The van der Waals surface area contributed by atoms with Crippen LogP contribution in [-0.4, -0.2) is 48.4 Å². The van der Waals surface area contributed by atoms with Crippen LogP contribution in [0.5, 0.6) is 0 Å². The van der Waals surface area contributed by atoms with Crippen molar-refractivity contribution in [3.63, 3.8) is 0 Å². The highest BCUT2D eigenvalue weighted by Gasteiger charge is 2.18. The lowest BCUT2D eigenvalue weighted by Gasteiger charge is -2.18. The summed E-state index contributed by atoms with van der Waals surface area (Å²) in [6, 6.07) is 23.2. The summed E-state index contributed by atoms with van der Waals surface area (Å²) in [5, 5.41) is 12.2. The Kier molecular flexibility index (Phi) is 9.80. The predicted molar refractivity (Wildman–Crippen MR) is 138 cm³/mol. The Labute approximate surface area is 206 Å². The molecule has 1 heterocycles. The first-order valence-corrected chi connectivity index (χ1v) is 11.9. The Morgan fingerprint density at radius 3 is 2.40 bits per heavy atom. The summed E-state index contributed by atoms with van der Waals surface area (Å²) in [6.45, 7) is 2.73. The standard InChI is InChI=1S/C28H33N3O4/c1-3-35-25(27(32)33)20-22-15-17-23(18-16-22)24-13-9-14-26(30-24)31(2)28(34)29-19-8-7-12-21-10-5-4-6-11-21/h4-6,9-11,13-18,25H,3,7-8,12,19-20H2,1-2H3,(H,29,34)(H,32,33). The average molecular weight is 476 g/mol. The van der Waals surface area contributed by atoms with Gasteiger partial charge in [0.05, 0.1) is 5.69 Å². The molecule has 3 rings (SSSR count). The number of hydrogen-bond acceptors (Lipinski definition) is 4. The SMILES string of the molecule is CCOC(Cc1ccc(-c2cccc(N(C)C(=O)NCCCCc3ccccc3)n2)cc1)C(=O)O. The number of nitrogens with one attached hydrogen (secondary N) is 1. The maximum Gasteiger partial charge on any atom is 0.333 e. The number of aromatic nitrogens is 1. The summed E-state index contributed by atoms with van der Waals surface area (Å²) in [7, 11) is 1.70. The third-order valence-corrected chi connectivity index (χ3v) is 5.71. The van der Waals surface area contributed by atoms with Crippen LogP contribution in [-0.2, 0) is 22.4 Å². The predicted octanol–water partition coefficient (Wildman–Crippen LogP) is 4.95. The fraction of sp³-hybridized carbons (Fsp3) is 0.321. The molecule has 0 aliphatic rings. The van der Waals surface area contributed by atoms with Crippen molar-refractivity contribution in [2.75, 3.05) is 25.1 Å².